The van der Waals surface area contributed by atoms with Crippen LogP contribution < -0.4 is 20.1 Å². The van der Waals surface area contributed by atoms with Gasteiger partial charge in [0.15, 0.2) is 18.1 Å². The number of benzene rings is 2. The minimum atomic E-state index is -0.528. The van der Waals surface area contributed by atoms with Gasteiger partial charge in [0.2, 0.25) is 0 Å². The number of anilines is 1. The zero-order chi connectivity index (χ0) is 24.0. The van der Waals surface area contributed by atoms with Gasteiger partial charge >= 0.3 is 6.03 Å². The van der Waals surface area contributed by atoms with Crippen molar-refractivity contribution in [3.63, 3.8) is 0 Å². The van der Waals surface area contributed by atoms with Crippen LogP contribution in [0.3, 0.4) is 0 Å². The molecular formula is C23H21BrFN3O5. The quantitative estimate of drug-likeness (QED) is 0.296. The summed E-state index contributed by atoms with van der Waals surface area (Å²) in [6.45, 7) is 5.45. The molecule has 0 aliphatic carbocycles. The molecule has 33 heavy (non-hydrogen) atoms. The molecule has 172 valence electrons. The fourth-order valence-electron chi connectivity index (χ4n) is 2.94. The smallest absolute Gasteiger partial charge is 0.329 e. The molecule has 1 aliphatic rings. The average Bonchev–Trinajstić information content (AvgIpc) is 3.04. The molecular weight excluding hydrogens is 497 g/mol. The predicted molar refractivity (Wildman–Crippen MR) is 124 cm³/mol. The van der Waals surface area contributed by atoms with Gasteiger partial charge in [-0.05, 0) is 55.0 Å². The number of rotatable bonds is 9. The first-order valence-electron chi connectivity index (χ1n) is 9.92. The molecule has 2 N–H and O–H groups in total. The number of carbonyl (C=O) groups is 3. The molecule has 2 aromatic rings. The summed E-state index contributed by atoms with van der Waals surface area (Å²) < 4.78 is 24.8. The van der Waals surface area contributed by atoms with Crippen molar-refractivity contribution in [1.29, 1.82) is 0 Å². The number of nitrogens with zero attached hydrogens (tertiary/aromatic N) is 1. The highest BCUT2D eigenvalue weighted by atomic mass is 79.9. The normalized spacial score (nSPS) is 14.3. The van der Waals surface area contributed by atoms with Crippen LogP contribution in [0.1, 0.15) is 12.5 Å². The van der Waals surface area contributed by atoms with Crippen molar-refractivity contribution in [3.8, 4) is 11.5 Å². The summed E-state index contributed by atoms with van der Waals surface area (Å²) in [5.74, 6) is -0.662. The maximum absolute atomic E-state index is 13.0. The molecule has 3 rings (SSSR count). The fraction of sp³-hybridized carbons (Fsp3) is 0.174. The minimum absolute atomic E-state index is 0.0974. The Labute approximate surface area is 198 Å². The standard InChI is InChI=1S/C23H21BrFN3O5/c1-3-9-28-22(30)18(27-23(28)31)10-14-11-19(32-4-2)20(12-17(14)24)33-13-21(29)26-16-7-5-15(25)6-8-16/h3,5-8,10-12H,1,4,9,13H2,2H3,(H,26,29)(H,27,31)/b18-10+. The molecule has 0 unspecified atom stereocenters. The number of halogens is 2. The number of carbonyl (C=O) groups excluding carboxylic acids is 3. The van der Waals surface area contributed by atoms with Gasteiger partial charge in [-0.1, -0.05) is 22.0 Å². The Morgan fingerprint density at radius 2 is 1.91 bits per heavy atom. The number of amides is 4. The summed E-state index contributed by atoms with van der Waals surface area (Å²) in [4.78, 5) is 37.6. The summed E-state index contributed by atoms with van der Waals surface area (Å²) in [7, 11) is 0. The van der Waals surface area contributed by atoms with Crippen molar-refractivity contribution < 1.29 is 28.2 Å². The number of imide groups is 1. The molecule has 0 spiro atoms. The lowest BCUT2D eigenvalue weighted by atomic mass is 10.1. The monoisotopic (exact) mass is 517 g/mol. The van der Waals surface area contributed by atoms with Crippen molar-refractivity contribution in [3.05, 3.63) is 70.6 Å². The fourth-order valence-corrected chi connectivity index (χ4v) is 3.38. The Morgan fingerprint density at radius 1 is 1.21 bits per heavy atom. The highest BCUT2D eigenvalue weighted by molar-refractivity contribution is 9.10. The van der Waals surface area contributed by atoms with Gasteiger partial charge in [0.05, 0.1) is 6.61 Å². The van der Waals surface area contributed by atoms with Crippen molar-refractivity contribution in [2.24, 2.45) is 0 Å². The lowest BCUT2D eigenvalue weighted by Gasteiger charge is -2.14. The Hall–Kier alpha value is -3.66. The summed E-state index contributed by atoms with van der Waals surface area (Å²) >= 11 is 3.42. The van der Waals surface area contributed by atoms with E-state index in [4.69, 9.17) is 9.47 Å². The van der Waals surface area contributed by atoms with E-state index >= 15 is 0 Å². The van der Waals surface area contributed by atoms with Crippen LogP contribution in [0.5, 0.6) is 11.5 Å². The maximum atomic E-state index is 13.0. The van der Waals surface area contributed by atoms with Crippen molar-refractivity contribution in [1.82, 2.24) is 10.2 Å². The van der Waals surface area contributed by atoms with Crippen LogP contribution in [-0.2, 0) is 9.59 Å². The third-order valence-electron chi connectivity index (χ3n) is 4.42. The molecule has 1 heterocycles. The molecule has 4 amide bonds. The van der Waals surface area contributed by atoms with Gasteiger partial charge in [0.25, 0.3) is 11.8 Å². The number of hydrogen-bond donors (Lipinski definition) is 2. The average molecular weight is 518 g/mol. The van der Waals surface area contributed by atoms with E-state index in [0.29, 0.717) is 33.8 Å². The Morgan fingerprint density at radius 3 is 2.58 bits per heavy atom. The highest BCUT2D eigenvalue weighted by Crippen LogP contribution is 2.35. The second-order valence-corrected chi connectivity index (χ2v) is 7.64. The molecule has 1 fully saturated rings. The third kappa shape index (κ3) is 5.98. The molecule has 1 aliphatic heterocycles. The molecule has 2 aromatic carbocycles. The van der Waals surface area contributed by atoms with E-state index in [9.17, 15) is 18.8 Å². The Kier molecular flexibility index (Phi) is 7.83. The van der Waals surface area contributed by atoms with Crippen molar-refractivity contribution in [2.75, 3.05) is 25.1 Å². The van der Waals surface area contributed by atoms with Crippen LogP contribution in [0.2, 0.25) is 0 Å². The second-order valence-electron chi connectivity index (χ2n) is 6.79. The summed E-state index contributed by atoms with van der Waals surface area (Å²) in [5.41, 5.74) is 1.11. The van der Waals surface area contributed by atoms with Gasteiger partial charge < -0.3 is 20.1 Å². The molecule has 0 aromatic heterocycles. The zero-order valence-electron chi connectivity index (χ0n) is 17.7. The molecule has 0 bridgehead atoms. The maximum Gasteiger partial charge on any atom is 0.329 e. The van der Waals surface area contributed by atoms with Crippen molar-refractivity contribution >= 4 is 45.5 Å². The van der Waals surface area contributed by atoms with Crippen LogP contribution in [0.25, 0.3) is 6.08 Å². The van der Waals surface area contributed by atoms with Gasteiger partial charge in [-0.3, -0.25) is 14.5 Å². The van der Waals surface area contributed by atoms with Gasteiger partial charge in [0.1, 0.15) is 11.5 Å². The predicted octanol–water partition coefficient (Wildman–Crippen LogP) is 4.08. The van der Waals surface area contributed by atoms with Gasteiger partial charge in [0, 0.05) is 16.7 Å². The minimum Gasteiger partial charge on any atom is -0.490 e. The van der Waals surface area contributed by atoms with Gasteiger partial charge in [-0.2, -0.15) is 0 Å². The largest absolute Gasteiger partial charge is 0.490 e. The van der Waals surface area contributed by atoms with E-state index in [2.05, 4.69) is 33.1 Å². The van der Waals surface area contributed by atoms with Crippen LogP contribution in [0.4, 0.5) is 14.9 Å². The molecule has 8 nitrogen and oxygen atoms in total. The number of nitrogens with one attached hydrogen (secondary N) is 2. The molecule has 0 radical (unpaired) electrons. The summed E-state index contributed by atoms with van der Waals surface area (Å²) in [6, 6.07) is 8.06. The van der Waals surface area contributed by atoms with Crippen LogP contribution in [0, 0.1) is 5.82 Å². The lowest BCUT2D eigenvalue weighted by molar-refractivity contribution is -0.122. The van der Waals surface area contributed by atoms with E-state index in [1.807, 2.05) is 0 Å². The van der Waals surface area contributed by atoms with Crippen LogP contribution >= 0.6 is 15.9 Å². The summed E-state index contributed by atoms with van der Waals surface area (Å²) in [6.07, 6.45) is 2.98. The first-order valence-corrected chi connectivity index (χ1v) is 10.7. The topological polar surface area (TPSA) is 97.0 Å². The summed E-state index contributed by atoms with van der Waals surface area (Å²) in [5, 5.41) is 5.14. The number of ether oxygens (including phenoxy) is 2. The molecule has 10 heteroatoms. The number of hydrogen-bond acceptors (Lipinski definition) is 5. The SMILES string of the molecule is C=CCN1C(=O)N/C(=C/c2cc(OCC)c(OCC(=O)Nc3ccc(F)cc3)cc2Br)C1=O. The lowest BCUT2D eigenvalue weighted by Crippen LogP contribution is -2.30. The molecule has 0 saturated carbocycles. The molecule has 0 atom stereocenters. The first-order chi connectivity index (χ1) is 15.8. The van der Waals surface area contributed by atoms with E-state index < -0.39 is 23.7 Å². The zero-order valence-corrected chi connectivity index (χ0v) is 19.3. The van der Waals surface area contributed by atoms with E-state index in [0.717, 1.165) is 4.90 Å². The second kappa shape index (κ2) is 10.8. The van der Waals surface area contributed by atoms with Crippen LogP contribution in [-0.4, -0.2) is 42.5 Å². The van der Waals surface area contributed by atoms with Crippen LogP contribution in [0.15, 0.2) is 59.2 Å². The highest BCUT2D eigenvalue weighted by Gasteiger charge is 2.32. The van der Waals surface area contributed by atoms with Crippen molar-refractivity contribution in [2.45, 2.75) is 6.92 Å². The molecule has 1 saturated heterocycles. The number of urea groups is 1. The van der Waals surface area contributed by atoms with E-state index in [-0.39, 0.29) is 18.8 Å². The Bertz CT molecular complexity index is 1120. The van der Waals surface area contributed by atoms with Gasteiger partial charge in [-0.25, -0.2) is 9.18 Å². The third-order valence-corrected chi connectivity index (χ3v) is 5.11. The van der Waals surface area contributed by atoms with Gasteiger partial charge in [-0.15, -0.1) is 6.58 Å². The van der Waals surface area contributed by atoms with E-state index in [1.54, 1.807) is 19.1 Å². The van der Waals surface area contributed by atoms with E-state index in [1.165, 1.54) is 36.4 Å². The Balaban J connectivity index is 1.76. The first kappa shape index (κ1) is 24.0.